The third-order valence-electron chi connectivity index (χ3n) is 4.68. The summed E-state index contributed by atoms with van der Waals surface area (Å²) in [6.07, 6.45) is -0.527. The summed E-state index contributed by atoms with van der Waals surface area (Å²) in [5.41, 5.74) is 1.70. The average molecular weight is 400 g/mol. The highest BCUT2D eigenvalue weighted by molar-refractivity contribution is 5.87. The summed E-state index contributed by atoms with van der Waals surface area (Å²) in [6.45, 7) is 0.553. The summed E-state index contributed by atoms with van der Waals surface area (Å²) in [7, 11) is 4.68. The summed E-state index contributed by atoms with van der Waals surface area (Å²) in [5.74, 6) is 1.58. The van der Waals surface area contributed by atoms with E-state index in [2.05, 4.69) is 5.32 Å². The minimum Gasteiger partial charge on any atom is -0.497 e. The Morgan fingerprint density at radius 3 is 2.59 bits per heavy atom. The standard InChI is InChI=1S/C21H24N2O6/c1-26-16-6-4-5-14(9-16)11-22-20(24)17-13-29-21(25)23(17)12-15-7-8-18(27-2)19(10-15)28-3/h4-10,17H,11-13H2,1-3H3,(H,22,24)/t17-/m0/s1. The molecule has 1 aliphatic rings. The number of nitrogens with zero attached hydrogens (tertiary/aromatic N) is 1. The van der Waals surface area contributed by atoms with Gasteiger partial charge in [0.1, 0.15) is 18.4 Å². The molecule has 154 valence electrons. The van der Waals surface area contributed by atoms with E-state index in [0.29, 0.717) is 23.8 Å². The van der Waals surface area contributed by atoms with Crippen molar-refractivity contribution in [1.82, 2.24) is 10.2 Å². The highest BCUT2D eigenvalue weighted by Crippen LogP contribution is 2.29. The molecule has 8 nitrogen and oxygen atoms in total. The predicted octanol–water partition coefficient (Wildman–Crippen LogP) is 2.35. The summed E-state index contributed by atoms with van der Waals surface area (Å²) in [4.78, 5) is 26.3. The third kappa shape index (κ3) is 4.71. The van der Waals surface area contributed by atoms with E-state index in [9.17, 15) is 9.59 Å². The zero-order valence-corrected chi connectivity index (χ0v) is 16.6. The molecular formula is C21H24N2O6. The van der Waals surface area contributed by atoms with Crippen LogP contribution in [-0.2, 0) is 22.6 Å². The summed E-state index contributed by atoms with van der Waals surface area (Å²) in [6, 6.07) is 12.1. The van der Waals surface area contributed by atoms with Crippen molar-refractivity contribution in [3.05, 3.63) is 53.6 Å². The van der Waals surface area contributed by atoms with Crippen LogP contribution in [0.4, 0.5) is 4.79 Å². The number of amides is 2. The van der Waals surface area contributed by atoms with E-state index in [1.165, 1.54) is 4.90 Å². The van der Waals surface area contributed by atoms with Gasteiger partial charge in [-0.2, -0.15) is 0 Å². The van der Waals surface area contributed by atoms with Gasteiger partial charge in [-0.15, -0.1) is 0 Å². The molecule has 1 saturated heterocycles. The van der Waals surface area contributed by atoms with E-state index in [1.807, 2.05) is 30.3 Å². The van der Waals surface area contributed by atoms with Gasteiger partial charge in [0.15, 0.2) is 11.5 Å². The lowest BCUT2D eigenvalue weighted by atomic mass is 10.1. The Kier molecular flexibility index (Phi) is 6.43. The molecule has 0 bridgehead atoms. The van der Waals surface area contributed by atoms with Crippen LogP contribution in [0.15, 0.2) is 42.5 Å². The first-order valence-corrected chi connectivity index (χ1v) is 9.10. The summed E-state index contributed by atoms with van der Waals surface area (Å²) >= 11 is 0. The number of hydrogen-bond acceptors (Lipinski definition) is 6. The second-order valence-corrected chi connectivity index (χ2v) is 6.48. The predicted molar refractivity (Wildman–Crippen MR) is 105 cm³/mol. The normalized spacial score (nSPS) is 15.6. The topological polar surface area (TPSA) is 86.3 Å². The van der Waals surface area contributed by atoms with Crippen molar-refractivity contribution in [3.8, 4) is 17.2 Å². The molecular weight excluding hydrogens is 376 g/mol. The zero-order valence-electron chi connectivity index (χ0n) is 16.6. The third-order valence-corrected chi connectivity index (χ3v) is 4.68. The van der Waals surface area contributed by atoms with Crippen molar-refractivity contribution in [1.29, 1.82) is 0 Å². The van der Waals surface area contributed by atoms with E-state index in [-0.39, 0.29) is 19.1 Å². The van der Waals surface area contributed by atoms with Crippen LogP contribution >= 0.6 is 0 Å². The Morgan fingerprint density at radius 1 is 1.07 bits per heavy atom. The summed E-state index contributed by atoms with van der Waals surface area (Å²) < 4.78 is 20.8. The first-order chi connectivity index (χ1) is 14.0. The smallest absolute Gasteiger partial charge is 0.410 e. The lowest BCUT2D eigenvalue weighted by molar-refractivity contribution is -0.125. The van der Waals surface area contributed by atoms with Crippen LogP contribution in [0.5, 0.6) is 17.2 Å². The maximum absolute atomic E-state index is 12.7. The highest BCUT2D eigenvalue weighted by Gasteiger charge is 2.38. The van der Waals surface area contributed by atoms with Gasteiger partial charge in [-0.25, -0.2) is 4.79 Å². The average Bonchev–Trinajstić information content (AvgIpc) is 3.12. The Balaban J connectivity index is 1.67. The van der Waals surface area contributed by atoms with E-state index in [1.54, 1.807) is 33.5 Å². The van der Waals surface area contributed by atoms with Crippen molar-refractivity contribution in [3.63, 3.8) is 0 Å². The number of rotatable bonds is 8. The van der Waals surface area contributed by atoms with Gasteiger partial charge in [0, 0.05) is 6.54 Å². The number of benzene rings is 2. The van der Waals surface area contributed by atoms with Gasteiger partial charge in [-0.3, -0.25) is 9.69 Å². The SMILES string of the molecule is COc1cccc(CNC(=O)[C@@H]2COC(=O)N2Cc2ccc(OC)c(OC)c2)c1. The van der Waals surface area contributed by atoms with Crippen LogP contribution in [0, 0.1) is 0 Å². The van der Waals surface area contributed by atoms with Crippen LogP contribution in [0.3, 0.4) is 0 Å². The molecule has 29 heavy (non-hydrogen) atoms. The van der Waals surface area contributed by atoms with Gasteiger partial charge in [-0.05, 0) is 35.4 Å². The first kappa shape index (κ1) is 20.3. The van der Waals surface area contributed by atoms with Gasteiger partial charge < -0.3 is 24.3 Å². The first-order valence-electron chi connectivity index (χ1n) is 9.10. The molecule has 1 atom stereocenters. The Hall–Kier alpha value is -3.42. The lowest BCUT2D eigenvalue weighted by Gasteiger charge is -2.21. The van der Waals surface area contributed by atoms with E-state index in [0.717, 1.165) is 11.1 Å². The molecule has 0 aliphatic carbocycles. The number of methoxy groups -OCH3 is 3. The molecule has 0 saturated carbocycles. The number of ether oxygens (including phenoxy) is 4. The number of carbonyl (C=O) groups is 2. The maximum Gasteiger partial charge on any atom is 0.410 e. The van der Waals surface area contributed by atoms with Crippen LogP contribution in [0.1, 0.15) is 11.1 Å². The summed E-state index contributed by atoms with van der Waals surface area (Å²) in [5, 5.41) is 2.86. The molecule has 0 radical (unpaired) electrons. The second-order valence-electron chi connectivity index (χ2n) is 6.48. The van der Waals surface area contributed by atoms with E-state index in [4.69, 9.17) is 18.9 Å². The van der Waals surface area contributed by atoms with Gasteiger partial charge in [0.2, 0.25) is 5.91 Å². The molecule has 1 aliphatic heterocycles. The largest absolute Gasteiger partial charge is 0.497 e. The Morgan fingerprint density at radius 2 is 1.86 bits per heavy atom. The van der Waals surface area contributed by atoms with Crippen molar-refractivity contribution in [2.45, 2.75) is 19.1 Å². The number of nitrogens with one attached hydrogen (secondary N) is 1. The van der Waals surface area contributed by atoms with Crippen molar-refractivity contribution < 1.29 is 28.5 Å². The molecule has 8 heteroatoms. The molecule has 1 heterocycles. The molecule has 2 aromatic rings. The van der Waals surface area contributed by atoms with E-state index < -0.39 is 12.1 Å². The maximum atomic E-state index is 12.7. The second kappa shape index (κ2) is 9.18. The van der Waals surface area contributed by atoms with Crippen LogP contribution in [0.2, 0.25) is 0 Å². The monoisotopic (exact) mass is 400 g/mol. The number of carbonyl (C=O) groups excluding carboxylic acids is 2. The molecule has 1 N–H and O–H groups in total. The molecule has 1 fully saturated rings. The van der Waals surface area contributed by atoms with Crippen LogP contribution in [0.25, 0.3) is 0 Å². The van der Waals surface area contributed by atoms with Crippen molar-refractivity contribution in [2.24, 2.45) is 0 Å². The molecule has 3 rings (SSSR count). The van der Waals surface area contributed by atoms with Gasteiger partial charge in [0.25, 0.3) is 0 Å². The number of cyclic esters (lactones) is 1. The molecule has 0 unspecified atom stereocenters. The fourth-order valence-corrected chi connectivity index (χ4v) is 3.11. The minimum atomic E-state index is -0.707. The molecule has 0 spiro atoms. The Bertz CT molecular complexity index is 885. The van der Waals surface area contributed by atoms with Crippen molar-refractivity contribution in [2.75, 3.05) is 27.9 Å². The zero-order chi connectivity index (χ0) is 20.8. The minimum absolute atomic E-state index is 0.00999. The van der Waals surface area contributed by atoms with Crippen LogP contribution in [-0.4, -0.2) is 50.9 Å². The molecule has 0 aromatic heterocycles. The fourth-order valence-electron chi connectivity index (χ4n) is 3.11. The van der Waals surface area contributed by atoms with E-state index >= 15 is 0 Å². The highest BCUT2D eigenvalue weighted by atomic mass is 16.6. The lowest BCUT2D eigenvalue weighted by Crippen LogP contribution is -2.45. The van der Waals surface area contributed by atoms with Gasteiger partial charge >= 0.3 is 6.09 Å². The Labute approximate surface area is 169 Å². The quantitative estimate of drug-likeness (QED) is 0.732. The van der Waals surface area contributed by atoms with Gasteiger partial charge in [0.05, 0.1) is 27.9 Å². The van der Waals surface area contributed by atoms with Gasteiger partial charge in [-0.1, -0.05) is 18.2 Å². The molecule has 2 aromatic carbocycles. The molecule has 2 amide bonds. The van der Waals surface area contributed by atoms with Crippen LogP contribution < -0.4 is 19.5 Å². The number of hydrogen-bond donors (Lipinski definition) is 1. The fraction of sp³-hybridized carbons (Fsp3) is 0.333. The van der Waals surface area contributed by atoms with Crippen molar-refractivity contribution >= 4 is 12.0 Å².